The van der Waals surface area contributed by atoms with Crippen LogP contribution in [0, 0.1) is 0 Å². The predicted molar refractivity (Wildman–Crippen MR) is 67.8 cm³/mol. The third kappa shape index (κ3) is 3.67. The summed E-state index contributed by atoms with van der Waals surface area (Å²) in [6, 6.07) is 4.00. The summed E-state index contributed by atoms with van der Waals surface area (Å²) in [6.45, 7) is 0. The minimum absolute atomic E-state index is 0.0425. The highest BCUT2D eigenvalue weighted by Crippen LogP contribution is 2.27. The van der Waals surface area contributed by atoms with Crippen LogP contribution in [0.5, 0.6) is 0 Å². The molecule has 0 radical (unpaired) electrons. The number of carboxylic acid groups (broad SMARTS) is 1. The Kier molecular flexibility index (Phi) is 5.39. The van der Waals surface area contributed by atoms with Crippen LogP contribution in [0.2, 0.25) is 5.02 Å². The fourth-order valence-electron chi connectivity index (χ4n) is 1.38. The van der Waals surface area contributed by atoms with Gasteiger partial charge in [0.15, 0.2) is 0 Å². The van der Waals surface area contributed by atoms with Crippen LogP contribution in [0.1, 0.15) is 28.4 Å². The van der Waals surface area contributed by atoms with Crippen molar-refractivity contribution in [2.45, 2.75) is 18.6 Å². The molecule has 0 amide bonds. The first-order valence-electron chi connectivity index (χ1n) is 4.92. The quantitative estimate of drug-likeness (QED) is 0.726. The van der Waals surface area contributed by atoms with E-state index in [-0.39, 0.29) is 10.6 Å². The lowest BCUT2D eigenvalue weighted by Crippen LogP contribution is -2.19. The number of hydrogen-bond donors (Lipinski definition) is 3. The first-order valence-corrected chi connectivity index (χ1v) is 6.42. The Morgan fingerprint density at radius 2 is 2.06 bits per heavy atom. The Morgan fingerprint density at radius 1 is 1.41 bits per heavy atom. The van der Waals surface area contributed by atoms with Crippen LogP contribution >= 0.6 is 27.5 Å². The average Bonchev–Trinajstić information content (AvgIpc) is 2.28. The Balaban J connectivity index is 2.95. The fraction of sp³-hybridized carbons (Fsp3) is 0.364. The van der Waals surface area contributed by atoms with Gasteiger partial charge in [0.1, 0.15) is 6.10 Å². The van der Waals surface area contributed by atoms with Crippen molar-refractivity contribution in [3.8, 4) is 0 Å². The molecular formula is C11H12BrClO4. The lowest BCUT2D eigenvalue weighted by molar-refractivity contribution is 0.0174. The number of hydrogen-bond acceptors (Lipinski definition) is 3. The van der Waals surface area contributed by atoms with E-state index < -0.39 is 18.2 Å². The summed E-state index contributed by atoms with van der Waals surface area (Å²) in [4.78, 5) is 10.7. The highest BCUT2D eigenvalue weighted by Gasteiger charge is 2.20. The van der Waals surface area contributed by atoms with Crippen molar-refractivity contribution in [1.29, 1.82) is 0 Å². The molecule has 1 aromatic carbocycles. The number of rotatable bonds is 5. The minimum atomic E-state index is -1.12. The molecule has 0 aliphatic heterocycles. The molecular weight excluding hydrogens is 311 g/mol. The molecule has 0 heterocycles. The molecule has 0 saturated heterocycles. The molecule has 94 valence electrons. The Morgan fingerprint density at radius 3 is 2.53 bits per heavy atom. The molecule has 17 heavy (non-hydrogen) atoms. The topological polar surface area (TPSA) is 77.8 Å². The van der Waals surface area contributed by atoms with Gasteiger partial charge < -0.3 is 15.3 Å². The lowest BCUT2D eigenvalue weighted by Gasteiger charge is -2.18. The summed E-state index contributed by atoms with van der Waals surface area (Å²) in [7, 11) is 0. The molecule has 0 aromatic heterocycles. The number of aliphatic hydroxyl groups excluding tert-OH is 2. The number of alkyl halides is 1. The first kappa shape index (κ1) is 14.4. The molecule has 3 N–H and O–H groups in total. The average molecular weight is 324 g/mol. The third-order valence-corrected chi connectivity index (χ3v) is 3.12. The van der Waals surface area contributed by atoms with E-state index in [4.69, 9.17) is 16.7 Å². The molecule has 0 aliphatic carbocycles. The lowest BCUT2D eigenvalue weighted by atomic mass is 10.0. The maximum Gasteiger partial charge on any atom is 0.335 e. The maximum absolute atomic E-state index is 10.7. The van der Waals surface area contributed by atoms with E-state index in [0.29, 0.717) is 17.3 Å². The van der Waals surface area contributed by atoms with Gasteiger partial charge >= 0.3 is 5.97 Å². The standard InChI is InChI=1S/C11H12BrClO4/c12-4-3-9(14)10(15)7-2-1-6(11(16)17)5-8(7)13/h1-2,5,9-10,14-15H,3-4H2,(H,16,17). The Labute approximate surface area is 112 Å². The van der Waals surface area contributed by atoms with Gasteiger partial charge in [-0.05, 0) is 18.6 Å². The van der Waals surface area contributed by atoms with Crippen molar-refractivity contribution < 1.29 is 20.1 Å². The van der Waals surface area contributed by atoms with Crippen LogP contribution < -0.4 is 0 Å². The molecule has 0 bridgehead atoms. The molecule has 6 heteroatoms. The van der Waals surface area contributed by atoms with Crippen molar-refractivity contribution in [2.75, 3.05) is 5.33 Å². The number of carbonyl (C=O) groups is 1. The van der Waals surface area contributed by atoms with Crippen LogP contribution in [0.3, 0.4) is 0 Å². The monoisotopic (exact) mass is 322 g/mol. The van der Waals surface area contributed by atoms with E-state index in [9.17, 15) is 15.0 Å². The van der Waals surface area contributed by atoms with Gasteiger partial charge in [-0.15, -0.1) is 0 Å². The zero-order valence-electron chi connectivity index (χ0n) is 8.81. The summed E-state index contributed by atoms with van der Waals surface area (Å²) in [6.07, 6.45) is -1.69. The van der Waals surface area contributed by atoms with E-state index in [1.807, 2.05) is 0 Å². The molecule has 0 spiro atoms. The smallest absolute Gasteiger partial charge is 0.335 e. The highest BCUT2D eigenvalue weighted by atomic mass is 79.9. The molecule has 2 unspecified atom stereocenters. The van der Waals surface area contributed by atoms with Gasteiger partial charge in [-0.3, -0.25) is 0 Å². The number of aromatic carboxylic acids is 1. The second kappa shape index (κ2) is 6.35. The van der Waals surface area contributed by atoms with Crippen LogP contribution in [0.25, 0.3) is 0 Å². The van der Waals surface area contributed by atoms with E-state index in [1.54, 1.807) is 0 Å². The van der Waals surface area contributed by atoms with Crippen molar-refractivity contribution in [2.24, 2.45) is 0 Å². The SMILES string of the molecule is O=C(O)c1ccc(C(O)C(O)CCBr)c(Cl)c1. The molecule has 1 rings (SSSR count). The van der Waals surface area contributed by atoms with Crippen molar-refractivity contribution in [1.82, 2.24) is 0 Å². The van der Waals surface area contributed by atoms with Gasteiger partial charge in [-0.25, -0.2) is 4.79 Å². The fourth-order valence-corrected chi connectivity index (χ4v) is 2.14. The molecule has 0 fully saturated rings. The number of halogens is 2. The van der Waals surface area contributed by atoms with Crippen LogP contribution in [0.15, 0.2) is 18.2 Å². The summed E-state index contributed by atoms with van der Waals surface area (Å²) in [5, 5.41) is 28.9. The zero-order chi connectivity index (χ0) is 13.0. The zero-order valence-corrected chi connectivity index (χ0v) is 11.1. The van der Waals surface area contributed by atoms with E-state index in [2.05, 4.69) is 15.9 Å². The minimum Gasteiger partial charge on any atom is -0.478 e. The van der Waals surface area contributed by atoms with Gasteiger partial charge in [0.2, 0.25) is 0 Å². The van der Waals surface area contributed by atoms with Gasteiger partial charge in [-0.2, -0.15) is 0 Å². The summed E-state index contributed by atoms with van der Waals surface area (Å²) in [5.74, 6) is -1.09. The second-order valence-corrected chi connectivity index (χ2v) is 4.73. The first-order chi connectivity index (χ1) is 7.97. The van der Waals surface area contributed by atoms with Crippen molar-refractivity contribution >= 4 is 33.5 Å². The molecule has 0 saturated carbocycles. The van der Waals surface area contributed by atoms with Gasteiger partial charge in [0, 0.05) is 15.9 Å². The molecule has 4 nitrogen and oxygen atoms in total. The van der Waals surface area contributed by atoms with Crippen LogP contribution in [0.4, 0.5) is 0 Å². The molecule has 1 aromatic rings. The van der Waals surface area contributed by atoms with Crippen LogP contribution in [-0.4, -0.2) is 32.7 Å². The van der Waals surface area contributed by atoms with Crippen molar-refractivity contribution in [3.63, 3.8) is 0 Å². The molecule has 0 aliphatic rings. The second-order valence-electron chi connectivity index (χ2n) is 3.53. The van der Waals surface area contributed by atoms with Gasteiger partial charge in [0.05, 0.1) is 11.7 Å². The number of carboxylic acids is 1. The van der Waals surface area contributed by atoms with E-state index in [1.165, 1.54) is 18.2 Å². The number of benzene rings is 1. The summed E-state index contributed by atoms with van der Waals surface area (Å²) in [5.41, 5.74) is 0.367. The largest absolute Gasteiger partial charge is 0.478 e. The van der Waals surface area contributed by atoms with Gasteiger partial charge in [-0.1, -0.05) is 33.6 Å². The summed E-state index contributed by atoms with van der Waals surface area (Å²) >= 11 is 9.02. The Hall–Kier alpha value is -0.620. The predicted octanol–water partition coefficient (Wildman–Crippen LogP) is 2.22. The van der Waals surface area contributed by atoms with Crippen LogP contribution in [-0.2, 0) is 0 Å². The Bertz CT molecular complexity index is 410. The number of aliphatic hydroxyl groups is 2. The maximum atomic E-state index is 10.7. The summed E-state index contributed by atoms with van der Waals surface area (Å²) < 4.78 is 0. The normalized spacial score (nSPS) is 14.4. The van der Waals surface area contributed by atoms with E-state index in [0.717, 1.165) is 0 Å². The highest BCUT2D eigenvalue weighted by molar-refractivity contribution is 9.09. The van der Waals surface area contributed by atoms with Gasteiger partial charge in [0.25, 0.3) is 0 Å². The van der Waals surface area contributed by atoms with Crippen molar-refractivity contribution in [3.05, 3.63) is 34.3 Å². The van der Waals surface area contributed by atoms with E-state index >= 15 is 0 Å². The molecule has 2 atom stereocenters. The third-order valence-electron chi connectivity index (χ3n) is 2.34.